The van der Waals surface area contributed by atoms with Crippen LogP contribution < -0.4 is 0 Å². The van der Waals surface area contributed by atoms with E-state index in [0.29, 0.717) is 18.6 Å². The van der Waals surface area contributed by atoms with Gasteiger partial charge in [-0.1, -0.05) is 6.92 Å². The average molecular weight is 240 g/mol. The summed E-state index contributed by atoms with van der Waals surface area (Å²) in [5.74, 6) is -0.886. The molecule has 0 saturated carbocycles. The normalized spacial score (nSPS) is 14.4. The molecule has 2 atom stereocenters. The molecular weight excluding hydrogens is 220 g/mol. The summed E-state index contributed by atoms with van der Waals surface area (Å²) in [4.78, 5) is 11.7. The highest BCUT2D eigenvalue weighted by Crippen LogP contribution is 2.27. The lowest BCUT2D eigenvalue weighted by molar-refractivity contribution is -0.152. The summed E-state index contributed by atoms with van der Waals surface area (Å²) in [6, 6.07) is 0. The summed E-state index contributed by atoms with van der Waals surface area (Å²) < 4.78 is 6.59. The Morgan fingerprint density at radius 1 is 1.59 bits per heavy atom. The van der Waals surface area contributed by atoms with Gasteiger partial charge in [-0.3, -0.25) is 9.48 Å². The lowest BCUT2D eigenvalue weighted by Crippen LogP contribution is -2.24. The van der Waals surface area contributed by atoms with E-state index in [1.807, 2.05) is 13.8 Å². The summed E-state index contributed by atoms with van der Waals surface area (Å²) in [5, 5.41) is 14.4. The minimum Gasteiger partial charge on any atom is -0.466 e. The largest absolute Gasteiger partial charge is 0.466 e. The van der Waals surface area contributed by atoms with Crippen LogP contribution in [0.4, 0.5) is 0 Å². The summed E-state index contributed by atoms with van der Waals surface area (Å²) in [6.07, 6.45) is 1.42. The molecule has 0 aliphatic rings. The van der Waals surface area contributed by atoms with Crippen LogP contribution in [0.15, 0.2) is 6.20 Å². The van der Waals surface area contributed by atoms with Gasteiger partial charge in [-0.05, 0) is 20.3 Å². The Kier molecular flexibility index (Phi) is 4.69. The topological polar surface area (TPSA) is 64.3 Å². The third-order valence-electron chi connectivity index (χ3n) is 2.78. The Balaban J connectivity index is 2.89. The van der Waals surface area contributed by atoms with Crippen LogP contribution >= 0.6 is 0 Å². The predicted octanol–water partition coefficient (Wildman–Crippen LogP) is 1.35. The van der Waals surface area contributed by atoms with Crippen LogP contribution in [0.25, 0.3) is 0 Å². The Bertz CT molecular complexity index is 387. The van der Waals surface area contributed by atoms with E-state index in [2.05, 4.69) is 5.10 Å². The van der Waals surface area contributed by atoms with Gasteiger partial charge in [0.25, 0.3) is 0 Å². The van der Waals surface area contributed by atoms with Crippen molar-refractivity contribution in [2.24, 2.45) is 13.0 Å². The lowest BCUT2D eigenvalue weighted by Gasteiger charge is -2.19. The number of ether oxygens (including phenoxy) is 1. The van der Waals surface area contributed by atoms with Crippen molar-refractivity contribution in [2.75, 3.05) is 6.61 Å². The molecule has 1 N–H and O–H groups in total. The van der Waals surface area contributed by atoms with Crippen molar-refractivity contribution < 1.29 is 14.6 Å². The third-order valence-corrected chi connectivity index (χ3v) is 2.78. The van der Waals surface area contributed by atoms with E-state index in [1.54, 1.807) is 24.9 Å². The second kappa shape index (κ2) is 5.82. The molecule has 0 saturated heterocycles. The number of carbonyl (C=O) groups excluding carboxylic acids is 1. The van der Waals surface area contributed by atoms with E-state index >= 15 is 0 Å². The number of carbonyl (C=O) groups is 1. The molecule has 1 rings (SSSR count). The molecule has 2 unspecified atom stereocenters. The van der Waals surface area contributed by atoms with Crippen molar-refractivity contribution in [3.8, 4) is 0 Å². The number of nitrogens with zero attached hydrogens (tertiary/aromatic N) is 2. The summed E-state index contributed by atoms with van der Waals surface area (Å²) in [7, 11) is 1.79. The van der Waals surface area contributed by atoms with Gasteiger partial charge in [-0.2, -0.15) is 5.10 Å². The number of aliphatic hydroxyl groups is 1. The Hall–Kier alpha value is -1.36. The Morgan fingerprint density at radius 3 is 2.65 bits per heavy atom. The van der Waals surface area contributed by atoms with Gasteiger partial charge in [0.05, 0.1) is 24.3 Å². The molecule has 0 aromatic carbocycles. The quantitative estimate of drug-likeness (QED) is 0.789. The zero-order chi connectivity index (χ0) is 13.0. The smallest absolute Gasteiger partial charge is 0.311 e. The molecule has 0 aliphatic heterocycles. The Morgan fingerprint density at radius 2 is 2.24 bits per heavy atom. The fourth-order valence-electron chi connectivity index (χ4n) is 1.89. The maximum Gasteiger partial charge on any atom is 0.311 e. The molecule has 5 nitrogen and oxygen atoms in total. The van der Waals surface area contributed by atoms with Crippen LogP contribution in [0.3, 0.4) is 0 Å². The molecule has 0 aliphatic carbocycles. The van der Waals surface area contributed by atoms with Gasteiger partial charge in [0, 0.05) is 18.8 Å². The van der Waals surface area contributed by atoms with Crippen LogP contribution in [0.2, 0.25) is 0 Å². The van der Waals surface area contributed by atoms with Gasteiger partial charge in [0.2, 0.25) is 0 Å². The molecule has 0 spiro atoms. The molecule has 1 aromatic rings. The van der Waals surface area contributed by atoms with E-state index < -0.39 is 12.0 Å². The number of hydrogen-bond donors (Lipinski definition) is 1. The summed E-state index contributed by atoms with van der Waals surface area (Å²) >= 11 is 0. The fraction of sp³-hybridized carbons (Fsp3) is 0.667. The molecule has 0 amide bonds. The summed E-state index contributed by atoms with van der Waals surface area (Å²) in [5.41, 5.74) is 1.43. The standard InChI is InChI=1S/C12H20N2O3/c1-5-9(12(16)17-6-2)11(15)10-7-14(4)13-8(10)3/h7,9,11,15H,5-6H2,1-4H3. The van der Waals surface area contributed by atoms with Crippen molar-refractivity contribution in [2.45, 2.75) is 33.3 Å². The Labute approximate surface area is 101 Å². The molecule has 1 aromatic heterocycles. The first kappa shape index (κ1) is 13.7. The van der Waals surface area contributed by atoms with Crippen molar-refractivity contribution in [3.05, 3.63) is 17.5 Å². The summed E-state index contributed by atoms with van der Waals surface area (Å²) in [6.45, 7) is 5.76. The highest BCUT2D eigenvalue weighted by atomic mass is 16.5. The predicted molar refractivity (Wildman–Crippen MR) is 63.3 cm³/mol. The second-order valence-corrected chi connectivity index (χ2v) is 4.06. The number of rotatable bonds is 5. The first-order valence-corrected chi connectivity index (χ1v) is 5.86. The van der Waals surface area contributed by atoms with E-state index in [-0.39, 0.29) is 5.97 Å². The van der Waals surface area contributed by atoms with Crippen molar-refractivity contribution in [3.63, 3.8) is 0 Å². The highest BCUT2D eigenvalue weighted by molar-refractivity contribution is 5.73. The zero-order valence-corrected chi connectivity index (χ0v) is 10.8. The van der Waals surface area contributed by atoms with E-state index in [1.165, 1.54) is 0 Å². The number of esters is 1. The fourth-order valence-corrected chi connectivity index (χ4v) is 1.89. The minimum absolute atomic E-state index is 0.327. The average Bonchev–Trinajstić information content (AvgIpc) is 2.59. The van der Waals surface area contributed by atoms with Gasteiger partial charge in [-0.15, -0.1) is 0 Å². The number of aryl methyl sites for hydroxylation is 2. The van der Waals surface area contributed by atoms with E-state index in [4.69, 9.17) is 4.74 Å². The second-order valence-electron chi connectivity index (χ2n) is 4.06. The van der Waals surface area contributed by atoms with Crippen LogP contribution in [0.1, 0.15) is 37.6 Å². The van der Waals surface area contributed by atoms with Gasteiger partial charge in [0.15, 0.2) is 0 Å². The highest BCUT2D eigenvalue weighted by Gasteiger charge is 2.29. The zero-order valence-electron chi connectivity index (χ0n) is 10.8. The first-order chi connectivity index (χ1) is 8.01. The molecule has 0 radical (unpaired) electrons. The van der Waals surface area contributed by atoms with Crippen LogP contribution in [0, 0.1) is 12.8 Å². The minimum atomic E-state index is -0.854. The lowest BCUT2D eigenvalue weighted by atomic mass is 9.94. The molecule has 5 heteroatoms. The van der Waals surface area contributed by atoms with Crippen molar-refractivity contribution in [1.82, 2.24) is 9.78 Å². The van der Waals surface area contributed by atoms with Crippen LogP contribution in [-0.2, 0) is 16.6 Å². The number of aromatic nitrogens is 2. The van der Waals surface area contributed by atoms with Crippen LogP contribution in [0.5, 0.6) is 0 Å². The SMILES string of the molecule is CCOC(=O)C(CC)C(O)c1cn(C)nc1C. The van der Waals surface area contributed by atoms with Gasteiger partial charge < -0.3 is 9.84 Å². The molecule has 1 heterocycles. The third kappa shape index (κ3) is 3.06. The first-order valence-electron chi connectivity index (χ1n) is 5.86. The van der Waals surface area contributed by atoms with Crippen molar-refractivity contribution >= 4 is 5.97 Å². The molecule has 0 bridgehead atoms. The maximum atomic E-state index is 11.7. The van der Waals surface area contributed by atoms with Crippen molar-refractivity contribution in [1.29, 1.82) is 0 Å². The van der Waals surface area contributed by atoms with Gasteiger partial charge in [-0.25, -0.2) is 0 Å². The molecule has 17 heavy (non-hydrogen) atoms. The molecule has 96 valence electrons. The van der Waals surface area contributed by atoms with E-state index in [0.717, 1.165) is 5.69 Å². The van der Waals surface area contributed by atoms with Gasteiger partial charge in [0.1, 0.15) is 0 Å². The molecular formula is C12H20N2O3. The maximum absolute atomic E-state index is 11.7. The number of aliphatic hydroxyl groups excluding tert-OH is 1. The molecule has 0 fully saturated rings. The monoisotopic (exact) mass is 240 g/mol. The van der Waals surface area contributed by atoms with Gasteiger partial charge >= 0.3 is 5.97 Å². The van der Waals surface area contributed by atoms with E-state index in [9.17, 15) is 9.90 Å². The number of hydrogen-bond acceptors (Lipinski definition) is 4. The van der Waals surface area contributed by atoms with Crippen LogP contribution in [-0.4, -0.2) is 27.5 Å².